The van der Waals surface area contributed by atoms with Gasteiger partial charge >= 0.3 is 0 Å². The lowest BCUT2D eigenvalue weighted by Gasteiger charge is -2.12. The van der Waals surface area contributed by atoms with E-state index >= 15 is 0 Å². The molecule has 0 spiro atoms. The summed E-state index contributed by atoms with van der Waals surface area (Å²) in [7, 11) is 3.54. The van der Waals surface area contributed by atoms with Gasteiger partial charge in [-0.3, -0.25) is 0 Å². The molecule has 1 N–H and O–H groups in total. The predicted octanol–water partition coefficient (Wildman–Crippen LogP) is 2.94. The molecular formula is C13H18ClNO2. The van der Waals surface area contributed by atoms with Gasteiger partial charge in [-0.1, -0.05) is 17.7 Å². The third-order valence-electron chi connectivity index (χ3n) is 2.28. The minimum Gasteiger partial charge on any atom is -0.497 e. The lowest BCUT2D eigenvalue weighted by Crippen LogP contribution is -2.08. The van der Waals surface area contributed by atoms with Gasteiger partial charge in [0.15, 0.2) is 0 Å². The van der Waals surface area contributed by atoms with E-state index in [1.807, 2.05) is 32.2 Å². The normalized spacial score (nSPS) is 11.4. The fourth-order valence-corrected chi connectivity index (χ4v) is 1.42. The fraction of sp³-hybridized carbons (Fsp3) is 0.385. The zero-order valence-electron chi connectivity index (χ0n) is 10.4. The van der Waals surface area contributed by atoms with Crippen molar-refractivity contribution < 1.29 is 9.47 Å². The van der Waals surface area contributed by atoms with E-state index in [9.17, 15) is 0 Å². The molecule has 0 aromatic heterocycles. The smallest absolute Gasteiger partial charge is 0.127 e. The summed E-state index contributed by atoms with van der Waals surface area (Å²) < 4.78 is 10.9. The first-order valence-corrected chi connectivity index (χ1v) is 5.85. The summed E-state index contributed by atoms with van der Waals surface area (Å²) in [5.74, 6) is 1.60. The van der Waals surface area contributed by atoms with E-state index in [0.29, 0.717) is 6.61 Å². The van der Waals surface area contributed by atoms with Gasteiger partial charge in [0.05, 0.1) is 7.11 Å². The van der Waals surface area contributed by atoms with Crippen LogP contribution < -0.4 is 14.8 Å². The van der Waals surface area contributed by atoms with Crippen molar-refractivity contribution in [3.63, 3.8) is 0 Å². The van der Waals surface area contributed by atoms with Crippen LogP contribution in [-0.4, -0.2) is 20.8 Å². The molecule has 0 saturated carbocycles. The number of hydrogen-bond acceptors (Lipinski definition) is 3. The lowest BCUT2D eigenvalue weighted by atomic mass is 10.2. The second kappa shape index (κ2) is 7.20. The Labute approximate surface area is 107 Å². The van der Waals surface area contributed by atoms with Gasteiger partial charge in [0.2, 0.25) is 0 Å². The SMILES string of the molecule is CNCc1ccc(OC)cc1OC/C(C)=C/Cl. The van der Waals surface area contributed by atoms with Crippen molar-refractivity contribution in [1.29, 1.82) is 0 Å². The van der Waals surface area contributed by atoms with Gasteiger partial charge in [-0.2, -0.15) is 0 Å². The Kier molecular flexibility index (Phi) is 5.87. The largest absolute Gasteiger partial charge is 0.497 e. The molecule has 0 bridgehead atoms. The van der Waals surface area contributed by atoms with E-state index in [0.717, 1.165) is 29.2 Å². The first kappa shape index (κ1) is 13.9. The molecule has 0 atom stereocenters. The summed E-state index contributed by atoms with van der Waals surface area (Å²) in [6.45, 7) is 3.15. The number of halogens is 1. The summed E-state index contributed by atoms with van der Waals surface area (Å²) in [5.41, 5.74) is 3.60. The molecular weight excluding hydrogens is 238 g/mol. The van der Waals surface area contributed by atoms with E-state index in [1.54, 1.807) is 7.11 Å². The average molecular weight is 256 g/mol. The van der Waals surface area contributed by atoms with E-state index in [-0.39, 0.29) is 0 Å². The molecule has 0 aliphatic carbocycles. The molecule has 4 heteroatoms. The molecule has 0 heterocycles. The van der Waals surface area contributed by atoms with Crippen molar-refractivity contribution >= 4 is 11.6 Å². The Morgan fingerprint density at radius 2 is 2.24 bits per heavy atom. The quantitative estimate of drug-likeness (QED) is 0.848. The van der Waals surface area contributed by atoms with Gasteiger partial charge in [-0.15, -0.1) is 0 Å². The number of nitrogens with one attached hydrogen (secondary N) is 1. The Balaban J connectivity index is 2.84. The maximum atomic E-state index is 5.71. The fourth-order valence-electron chi connectivity index (χ4n) is 1.36. The van der Waals surface area contributed by atoms with Crippen molar-refractivity contribution in [2.24, 2.45) is 0 Å². The maximum absolute atomic E-state index is 5.71. The molecule has 1 aromatic carbocycles. The number of benzene rings is 1. The number of ether oxygens (including phenoxy) is 2. The summed E-state index contributed by atoms with van der Waals surface area (Å²) in [6.07, 6.45) is 0. The molecule has 0 unspecified atom stereocenters. The summed E-state index contributed by atoms with van der Waals surface area (Å²) in [4.78, 5) is 0. The van der Waals surface area contributed by atoms with Crippen LogP contribution in [0.3, 0.4) is 0 Å². The molecule has 0 amide bonds. The average Bonchev–Trinajstić information content (AvgIpc) is 2.37. The second-order valence-corrected chi connectivity index (χ2v) is 3.97. The molecule has 0 aliphatic heterocycles. The van der Waals surface area contributed by atoms with E-state index < -0.39 is 0 Å². The zero-order valence-corrected chi connectivity index (χ0v) is 11.2. The Morgan fingerprint density at radius 1 is 1.47 bits per heavy atom. The van der Waals surface area contributed by atoms with E-state index in [2.05, 4.69) is 5.32 Å². The van der Waals surface area contributed by atoms with E-state index in [1.165, 1.54) is 5.54 Å². The third-order valence-corrected chi connectivity index (χ3v) is 2.66. The van der Waals surface area contributed by atoms with Crippen molar-refractivity contribution in [3.05, 3.63) is 34.9 Å². The minimum atomic E-state index is 0.480. The Hall–Kier alpha value is -1.19. The minimum absolute atomic E-state index is 0.480. The number of methoxy groups -OCH3 is 1. The van der Waals surface area contributed by atoms with Gasteiger partial charge in [0.25, 0.3) is 0 Å². The highest BCUT2D eigenvalue weighted by molar-refractivity contribution is 6.25. The van der Waals surface area contributed by atoms with Crippen LogP contribution in [0, 0.1) is 0 Å². The van der Waals surface area contributed by atoms with E-state index in [4.69, 9.17) is 21.1 Å². The van der Waals surface area contributed by atoms with Gasteiger partial charge in [-0.05, 0) is 25.6 Å². The predicted molar refractivity (Wildman–Crippen MR) is 70.9 cm³/mol. The lowest BCUT2D eigenvalue weighted by molar-refractivity contribution is 0.343. The van der Waals surface area contributed by atoms with Crippen LogP contribution in [0.4, 0.5) is 0 Å². The molecule has 0 radical (unpaired) electrons. The molecule has 1 aromatic rings. The molecule has 0 aliphatic rings. The molecule has 17 heavy (non-hydrogen) atoms. The van der Waals surface area contributed by atoms with Gasteiger partial charge in [0.1, 0.15) is 18.1 Å². The van der Waals surface area contributed by atoms with Gasteiger partial charge in [-0.25, -0.2) is 0 Å². The second-order valence-electron chi connectivity index (χ2n) is 3.75. The first-order valence-electron chi connectivity index (χ1n) is 5.41. The molecule has 0 fully saturated rings. The standard InChI is InChI=1S/C13H18ClNO2/c1-10(7-14)9-17-13-6-12(16-3)5-4-11(13)8-15-2/h4-7,15H,8-9H2,1-3H3/b10-7+. The van der Waals surface area contributed by atoms with Crippen LogP contribution in [-0.2, 0) is 6.54 Å². The van der Waals surface area contributed by atoms with Crippen molar-refractivity contribution in [1.82, 2.24) is 5.32 Å². The maximum Gasteiger partial charge on any atom is 0.127 e. The topological polar surface area (TPSA) is 30.5 Å². The van der Waals surface area contributed by atoms with Crippen molar-refractivity contribution in [3.8, 4) is 11.5 Å². The van der Waals surface area contributed by atoms with Crippen LogP contribution in [0.15, 0.2) is 29.3 Å². The Bertz CT molecular complexity index is 391. The van der Waals surface area contributed by atoms with Gasteiger partial charge < -0.3 is 14.8 Å². The highest BCUT2D eigenvalue weighted by Gasteiger charge is 2.05. The molecule has 1 rings (SSSR count). The van der Waals surface area contributed by atoms with Crippen molar-refractivity contribution in [2.75, 3.05) is 20.8 Å². The van der Waals surface area contributed by atoms with Gasteiger partial charge in [0, 0.05) is 23.7 Å². The summed E-state index contributed by atoms with van der Waals surface area (Å²) in [6, 6.07) is 5.79. The third kappa shape index (κ3) is 4.29. The number of rotatable bonds is 6. The number of hydrogen-bond donors (Lipinski definition) is 1. The van der Waals surface area contributed by atoms with Crippen LogP contribution in [0.5, 0.6) is 11.5 Å². The van der Waals surface area contributed by atoms with Crippen molar-refractivity contribution in [2.45, 2.75) is 13.5 Å². The summed E-state index contributed by atoms with van der Waals surface area (Å²) >= 11 is 5.60. The zero-order chi connectivity index (χ0) is 12.7. The Morgan fingerprint density at radius 3 is 2.82 bits per heavy atom. The molecule has 3 nitrogen and oxygen atoms in total. The molecule has 0 saturated heterocycles. The van der Waals surface area contributed by atoms with Crippen LogP contribution >= 0.6 is 11.6 Å². The van der Waals surface area contributed by atoms with Crippen LogP contribution in [0.2, 0.25) is 0 Å². The highest BCUT2D eigenvalue weighted by atomic mass is 35.5. The first-order chi connectivity index (χ1) is 8.21. The van der Waals surface area contributed by atoms with Crippen LogP contribution in [0.25, 0.3) is 0 Å². The van der Waals surface area contributed by atoms with Crippen LogP contribution in [0.1, 0.15) is 12.5 Å². The monoisotopic (exact) mass is 255 g/mol. The summed E-state index contributed by atoms with van der Waals surface area (Å²) in [5, 5.41) is 3.10. The molecule has 94 valence electrons. The highest BCUT2D eigenvalue weighted by Crippen LogP contribution is 2.25.